The van der Waals surface area contributed by atoms with Crippen molar-refractivity contribution in [1.29, 1.82) is 0 Å². The van der Waals surface area contributed by atoms with Gasteiger partial charge in [-0.1, -0.05) is 5.16 Å². The predicted octanol–water partition coefficient (Wildman–Crippen LogP) is 4.18. The standard InChI is InChI=1S/C21H21N7O2/c1-10-18(11(2)30-27-10)14-6-15-13(7-16(14)29-5)19-20(25-15)23-12(3)24-21(19)26-17-8-28(4)9-22-17/h6-9H,1-5H3,(H2,23,24,25,26). The van der Waals surface area contributed by atoms with Crippen LogP contribution in [0, 0.1) is 20.8 Å². The van der Waals surface area contributed by atoms with Crippen LogP contribution >= 0.6 is 0 Å². The van der Waals surface area contributed by atoms with E-state index in [0.717, 1.165) is 50.3 Å². The molecular formula is C21H21N7O2. The summed E-state index contributed by atoms with van der Waals surface area (Å²) in [6, 6.07) is 4.04. The molecule has 9 heteroatoms. The number of aromatic amines is 1. The minimum Gasteiger partial charge on any atom is -0.496 e. The molecule has 0 aliphatic heterocycles. The normalized spacial score (nSPS) is 11.5. The molecule has 152 valence electrons. The van der Waals surface area contributed by atoms with E-state index >= 15 is 0 Å². The molecule has 0 saturated carbocycles. The second-order valence-corrected chi connectivity index (χ2v) is 7.31. The van der Waals surface area contributed by atoms with E-state index in [1.54, 1.807) is 13.4 Å². The number of hydrogen-bond donors (Lipinski definition) is 2. The summed E-state index contributed by atoms with van der Waals surface area (Å²) in [6.45, 7) is 5.68. The number of H-pyrrole nitrogens is 1. The Bertz CT molecular complexity index is 1390. The van der Waals surface area contributed by atoms with Crippen molar-refractivity contribution in [3.63, 3.8) is 0 Å². The zero-order valence-electron chi connectivity index (χ0n) is 17.4. The topological polar surface area (TPSA) is 107 Å². The van der Waals surface area contributed by atoms with Crippen molar-refractivity contribution in [2.24, 2.45) is 7.05 Å². The highest BCUT2D eigenvalue weighted by Crippen LogP contribution is 2.40. The Morgan fingerprint density at radius 1 is 1.17 bits per heavy atom. The van der Waals surface area contributed by atoms with Gasteiger partial charge in [0.2, 0.25) is 0 Å². The Balaban J connectivity index is 1.77. The van der Waals surface area contributed by atoms with Crippen LogP contribution in [0.2, 0.25) is 0 Å². The first kappa shape index (κ1) is 18.2. The van der Waals surface area contributed by atoms with Gasteiger partial charge in [-0.25, -0.2) is 15.0 Å². The number of hydrogen-bond acceptors (Lipinski definition) is 7. The number of benzene rings is 1. The second-order valence-electron chi connectivity index (χ2n) is 7.31. The van der Waals surface area contributed by atoms with E-state index in [4.69, 9.17) is 9.26 Å². The van der Waals surface area contributed by atoms with Gasteiger partial charge in [-0.15, -0.1) is 0 Å². The first-order valence-corrected chi connectivity index (χ1v) is 9.51. The van der Waals surface area contributed by atoms with E-state index in [1.165, 1.54) is 0 Å². The van der Waals surface area contributed by atoms with Gasteiger partial charge in [0.15, 0.2) is 0 Å². The molecule has 0 spiro atoms. The Labute approximate surface area is 172 Å². The van der Waals surface area contributed by atoms with Gasteiger partial charge in [0, 0.05) is 29.7 Å². The summed E-state index contributed by atoms with van der Waals surface area (Å²) in [7, 11) is 3.58. The molecule has 4 heterocycles. The molecule has 2 N–H and O–H groups in total. The summed E-state index contributed by atoms with van der Waals surface area (Å²) in [5.41, 5.74) is 4.33. The lowest BCUT2D eigenvalue weighted by Crippen LogP contribution is -1.98. The molecule has 0 aliphatic rings. The maximum absolute atomic E-state index is 5.73. The van der Waals surface area contributed by atoms with Crippen molar-refractivity contribution in [1.82, 2.24) is 29.7 Å². The summed E-state index contributed by atoms with van der Waals surface area (Å²) >= 11 is 0. The Morgan fingerprint density at radius 2 is 2.00 bits per heavy atom. The molecule has 5 rings (SSSR count). The van der Waals surface area contributed by atoms with Crippen LogP contribution in [0.5, 0.6) is 5.75 Å². The van der Waals surface area contributed by atoms with Crippen molar-refractivity contribution in [2.75, 3.05) is 12.4 Å². The van der Waals surface area contributed by atoms with Gasteiger partial charge in [-0.05, 0) is 32.9 Å². The number of aromatic nitrogens is 6. The van der Waals surface area contributed by atoms with Crippen LogP contribution in [-0.4, -0.2) is 36.8 Å². The van der Waals surface area contributed by atoms with E-state index in [0.29, 0.717) is 17.5 Å². The number of anilines is 2. The third kappa shape index (κ3) is 2.78. The fourth-order valence-corrected chi connectivity index (χ4v) is 3.86. The fraction of sp³-hybridized carbons (Fsp3) is 0.238. The monoisotopic (exact) mass is 403 g/mol. The highest BCUT2D eigenvalue weighted by molar-refractivity contribution is 6.13. The van der Waals surface area contributed by atoms with Crippen molar-refractivity contribution in [2.45, 2.75) is 20.8 Å². The summed E-state index contributed by atoms with van der Waals surface area (Å²) < 4.78 is 13.0. The number of rotatable bonds is 4. The minimum atomic E-state index is 0.658. The number of fused-ring (bicyclic) bond motifs is 3. The maximum Gasteiger partial charge on any atom is 0.149 e. The molecule has 0 unspecified atom stereocenters. The highest BCUT2D eigenvalue weighted by Gasteiger charge is 2.20. The van der Waals surface area contributed by atoms with E-state index in [1.807, 2.05) is 50.7 Å². The van der Waals surface area contributed by atoms with Crippen molar-refractivity contribution < 1.29 is 9.26 Å². The molecule has 4 aromatic heterocycles. The Hall–Kier alpha value is -3.88. The lowest BCUT2D eigenvalue weighted by atomic mass is 10.0. The summed E-state index contributed by atoms with van der Waals surface area (Å²) in [6.07, 6.45) is 3.63. The molecule has 0 amide bonds. The minimum absolute atomic E-state index is 0.658. The summed E-state index contributed by atoms with van der Waals surface area (Å²) in [5, 5.41) is 9.23. The third-order valence-corrected chi connectivity index (χ3v) is 5.14. The molecule has 1 aromatic carbocycles. The van der Waals surface area contributed by atoms with Crippen molar-refractivity contribution >= 4 is 33.6 Å². The number of ether oxygens (including phenoxy) is 1. The van der Waals surface area contributed by atoms with Gasteiger partial charge in [-0.3, -0.25) is 0 Å². The van der Waals surface area contributed by atoms with Crippen LogP contribution in [-0.2, 0) is 7.05 Å². The van der Waals surface area contributed by atoms with Gasteiger partial charge >= 0.3 is 0 Å². The van der Waals surface area contributed by atoms with E-state index in [2.05, 4.69) is 30.4 Å². The molecule has 0 bridgehead atoms. The van der Waals surface area contributed by atoms with Crippen LogP contribution in [0.3, 0.4) is 0 Å². The van der Waals surface area contributed by atoms with Crippen molar-refractivity contribution in [3.05, 3.63) is 41.9 Å². The lowest BCUT2D eigenvalue weighted by molar-refractivity contribution is 0.393. The fourth-order valence-electron chi connectivity index (χ4n) is 3.86. The molecule has 0 aliphatic carbocycles. The van der Waals surface area contributed by atoms with Gasteiger partial charge in [0.25, 0.3) is 0 Å². The molecule has 5 aromatic rings. The molecule has 0 atom stereocenters. The number of nitrogens with zero attached hydrogens (tertiary/aromatic N) is 5. The summed E-state index contributed by atoms with van der Waals surface area (Å²) in [4.78, 5) is 17.0. The lowest BCUT2D eigenvalue weighted by Gasteiger charge is -2.09. The molecule has 0 saturated heterocycles. The molecule has 9 nitrogen and oxygen atoms in total. The maximum atomic E-state index is 5.73. The largest absolute Gasteiger partial charge is 0.496 e. The number of methoxy groups -OCH3 is 1. The molecule has 30 heavy (non-hydrogen) atoms. The van der Waals surface area contributed by atoms with Crippen LogP contribution in [0.15, 0.2) is 29.2 Å². The zero-order chi connectivity index (χ0) is 21.0. The van der Waals surface area contributed by atoms with Gasteiger partial charge in [-0.2, -0.15) is 0 Å². The van der Waals surface area contributed by atoms with Gasteiger partial charge < -0.3 is 24.1 Å². The number of imidazole rings is 1. The van der Waals surface area contributed by atoms with E-state index < -0.39 is 0 Å². The van der Waals surface area contributed by atoms with E-state index in [9.17, 15) is 0 Å². The zero-order valence-corrected chi connectivity index (χ0v) is 17.4. The average Bonchev–Trinajstić information content (AvgIpc) is 3.37. The second kappa shape index (κ2) is 6.58. The SMILES string of the molecule is COc1cc2c(cc1-c1c(C)noc1C)[nH]c1nc(C)nc(Nc3cn(C)cn3)c12. The van der Waals surface area contributed by atoms with Crippen LogP contribution < -0.4 is 10.1 Å². The van der Waals surface area contributed by atoms with Crippen LogP contribution in [0.4, 0.5) is 11.6 Å². The molecular weight excluding hydrogens is 382 g/mol. The summed E-state index contributed by atoms with van der Waals surface area (Å²) in [5.74, 6) is 3.53. The van der Waals surface area contributed by atoms with E-state index in [-0.39, 0.29) is 0 Å². The molecule has 0 fully saturated rings. The van der Waals surface area contributed by atoms with Gasteiger partial charge in [0.05, 0.1) is 30.1 Å². The predicted molar refractivity (Wildman–Crippen MR) is 114 cm³/mol. The number of aryl methyl sites for hydroxylation is 4. The van der Waals surface area contributed by atoms with Crippen LogP contribution in [0.25, 0.3) is 33.1 Å². The highest BCUT2D eigenvalue weighted by atomic mass is 16.5. The van der Waals surface area contributed by atoms with Gasteiger partial charge in [0.1, 0.15) is 34.6 Å². The smallest absolute Gasteiger partial charge is 0.149 e. The third-order valence-electron chi connectivity index (χ3n) is 5.14. The Kier molecular flexibility index (Phi) is 3.99. The number of nitrogens with one attached hydrogen (secondary N) is 2. The van der Waals surface area contributed by atoms with Crippen molar-refractivity contribution in [3.8, 4) is 16.9 Å². The molecule has 0 radical (unpaired) electrons. The first-order valence-electron chi connectivity index (χ1n) is 9.51. The Morgan fingerprint density at radius 3 is 2.67 bits per heavy atom. The quantitative estimate of drug-likeness (QED) is 0.464. The van der Waals surface area contributed by atoms with Crippen LogP contribution in [0.1, 0.15) is 17.3 Å². The first-order chi connectivity index (χ1) is 14.4. The average molecular weight is 403 g/mol.